The smallest absolute Gasteiger partial charge is 0.254 e. The highest BCUT2D eigenvalue weighted by molar-refractivity contribution is 5.36. The topological polar surface area (TPSA) is 89.5 Å². The fourth-order valence-corrected chi connectivity index (χ4v) is 2.93. The molecule has 0 saturated heterocycles. The summed E-state index contributed by atoms with van der Waals surface area (Å²) in [7, 11) is 0. The van der Waals surface area contributed by atoms with E-state index in [1.807, 2.05) is 13.8 Å². The predicted molar refractivity (Wildman–Crippen MR) is 86.5 cm³/mol. The standard InChI is InChI=1S/C17H21N3O3/c1-10(2)16-18-15-9-20(4-3-14(15)17(23)19-16)8-11-5-12(21)7-13(22)6-11/h5-7,10,21-22H,3-4,8-9H2,1-2H3,(H,18,19,23). The molecule has 0 amide bonds. The summed E-state index contributed by atoms with van der Waals surface area (Å²) in [5.74, 6) is 0.986. The van der Waals surface area contributed by atoms with Gasteiger partial charge in [-0.2, -0.15) is 0 Å². The summed E-state index contributed by atoms with van der Waals surface area (Å²) < 4.78 is 0. The molecule has 1 aromatic heterocycles. The van der Waals surface area contributed by atoms with Gasteiger partial charge in [-0.15, -0.1) is 0 Å². The molecular weight excluding hydrogens is 294 g/mol. The van der Waals surface area contributed by atoms with E-state index >= 15 is 0 Å². The van der Waals surface area contributed by atoms with E-state index in [2.05, 4.69) is 14.9 Å². The first-order valence-electron chi connectivity index (χ1n) is 7.78. The number of phenols is 2. The summed E-state index contributed by atoms with van der Waals surface area (Å²) >= 11 is 0. The molecule has 1 aliphatic rings. The van der Waals surface area contributed by atoms with Crippen LogP contribution in [0.15, 0.2) is 23.0 Å². The van der Waals surface area contributed by atoms with Gasteiger partial charge < -0.3 is 15.2 Å². The number of hydrogen-bond acceptors (Lipinski definition) is 5. The Labute approximate surface area is 134 Å². The lowest BCUT2D eigenvalue weighted by atomic mass is 10.0. The fraction of sp³-hybridized carbons (Fsp3) is 0.412. The maximum Gasteiger partial charge on any atom is 0.254 e. The van der Waals surface area contributed by atoms with Crippen LogP contribution in [-0.2, 0) is 19.5 Å². The minimum Gasteiger partial charge on any atom is -0.508 e. The quantitative estimate of drug-likeness (QED) is 0.804. The molecule has 0 atom stereocenters. The number of nitrogens with one attached hydrogen (secondary N) is 1. The van der Waals surface area contributed by atoms with Crippen LogP contribution in [-0.4, -0.2) is 31.6 Å². The Kier molecular flexibility index (Phi) is 4.09. The van der Waals surface area contributed by atoms with E-state index in [4.69, 9.17) is 0 Å². The van der Waals surface area contributed by atoms with Crippen LogP contribution in [0, 0.1) is 0 Å². The number of H-pyrrole nitrogens is 1. The first kappa shape index (κ1) is 15.6. The van der Waals surface area contributed by atoms with Crippen molar-refractivity contribution in [2.24, 2.45) is 0 Å². The van der Waals surface area contributed by atoms with Crippen LogP contribution in [0.3, 0.4) is 0 Å². The van der Waals surface area contributed by atoms with Gasteiger partial charge in [0.25, 0.3) is 5.56 Å². The van der Waals surface area contributed by atoms with Crippen LogP contribution in [0.25, 0.3) is 0 Å². The van der Waals surface area contributed by atoms with Gasteiger partial charge in [-0.3, -0.25) is 9.69 Å². The number of phenolic OH excluding ortho intramolecular Hbond substituents is 2. The van der Waals surface area contributed by atoms with E-state index in [9.17, 15) is 15.0 Å². The van der Waals surface area contributed by atoms with E-state index in [-0.39, 0.29) is 23.0 Å². The zero-order chi connectivity index (χ0) is 16.6. The third-order valence-electron chi connectivity index (χ3n) is 4.09. The van der Waals surface area contributed by atoms with Crippen LogP contribution in [0.4, 0.5) is 0 Å². The van der Waals surface area contributed by atoms with Crippen molar-refractivity contribution in [3.63, 3.8) is 0 Å². The van der Waals surface area contributed by atoms with E-state index in [0.717, 1.165) is 23.4 Å². The third-order valence-corrected chi connectivity index (χ3v) is 4.09. The molecule has 0 spiro atoms. The van der Waals surface area contributed by atoms with Gasteiger partial charge in [0, 0.05) is 37.2 Å². The summed E-state index contributed by atoms with van der Waals surface area (Å²) in [5.41, 5.74) is 2.39. The van der Waals surface area contributed by atoms with Gasteiger partial charge in [-0.25, -0.2) is 4.98 Å². The van der Waals surface area contributed by atoms with Crippen LogP contribution in [0.1, 0.15) is 42.4 Å². The molecule has 2 heterocycles. The predicted octanol–water partition coefficient (Wildman–Crippen LogP) is 1.86. The number of aromatic amines is 1. The number of benzene rings is 1. The molecule has 0 radical (unpaired) electrons. The molecule has 1 aliphatic heterocycles. The first-order valence-corrected chi connectivity index (χ1v) is 7.78. The van der Waals surface area contributed by atoms with Gasteiger partial charge in [-0.1, -0.05) is 13.8 Å². The Morgan fingerprint density at radius 1 is 1.26 bits per heavy atom. The largest absolute Gasteiger partial charge is 0.508 e. The van der Waals surface area contributed by atoms with Crippen LogP contribution in [0.5, 0.6) is 11.5 Å². The average molecular weight is 315 g/mol. The average Bonchev–Trinajstić information content (AvgIpc) is 2.45. The molecule has 23 heavy (non-hydrogen) atoms. The van der Waals surface area contributed by atoms with Crippen molar-refractivity contribution >= 4 is 0 Å². The summed E-state index contributed by atoms with van der Waals surface area (Å²) in [6.45, 7) is 5.93. The molecule has 0 saturated carbocycles. The van der Waals surface area contributed by atoms with Crippen molar-refractivity contribution in [3.8, 4) is 11.5 Å². The van der Waals surface area contributed by atoms with Gasteiger partial charge in [0.05, 0.1) is 5.69 Å². The molecule has 3 N–H and O–H groups in total. The lowest BCUT2D eigenvalue weighted by molar-refractivity contribution is 0.239. The Bertz CT molecular complexity index is 763. The van der Waals surface area contributed by atoms with Crippen molar-refractivity contribution < 1.29 is 10.2 Å². The summed E-state index contributed by atoms with van der Waals surface area (Å²) in [5, 5.41) is 19.2. The highest BCUT2D eigenvalue weighted by Crippen LogP contribution is 2.23. The first-order chi connectivity index (χ1) is 10.9. The van der Waals surface area contributed by atoms with Crippen molar-refractivity contribution in [1.29, 1.82) is 0 Å². The highest BCUT2D eigenvalue weighted by atomic mass is 16.3. The van der Waals surface area contributed by atoms with Crippen LogP contribution < -0.4 is 5.56 Å². The van der Waals surface area contributed by atoms with Crippen LogP contribution in [0.2, 0.25) is 0 Å². The van der Waals surface area contributed by atoms with E-state index in [1.165, 1.54) is 6.07 Å². The van der Waals surface area contributed by atoms with Gasteiger partial charge in [0.1, 0.15) is 17.3 Å². The van der Waals surface area contributed by atoms with E-state index < -0.39 is 0 Å². The molecule has 2 aromatic rings. The van der Waals surface area contributed by atoms with Gasteiger partial charge in [0.15, 0.2) is 0 Å². The molecule has 3 rings (SSSR count). The molecule has 122 valence electrons. The second-order valence-electron chi connectivity index (χ2n) is 6.35. The number of aromatic hydroxyl groups is 2. The van der Waals surface area contributed by atoms with E-state index in [0.29, 0.717) is 25.3 Å². The second kappa shape index (κ2) is 6.04. The number of fused-ring (bicyclic) bond motifs is 1. The molecule has 6 nitrogen and oxygen atoms in total. The zero-order valence-electron chi connectivity index (χ0n) is 13.3. The minimum atomic E-state index is -0.0339. The highest BCUT2D eigenvalue weighted by Gasteiger charge is 2.22. The number of rotatable bonds is 3. The van der Waals surface area contributed by atoms with Crippen molar-refractivity contribution in [2.45, 2.75) is 39.3 Å². The molecular formula is C17H21N3O3. The van der Waals surface area contributed by atoms with Crippen molar-refractivity contribution in [3.05, 3.63) is 51.2 Å². The molecule has 0 fully saturated rings. The zero-order valence-corrected chi connectivity index (χ0v) is 13.3. The molecule has 0 unspecified atom stereocenters. The van der Waals surface area contributed by atoms with Crippen LogP contribution >= 0.6 is 0 Å². The minimum absolute atomic E-state index is 0.0339. The Hall–Kier alpha value is -2.34. The number of nitrogens with zero attached hydrogens (tertiary/aromatic N) is 2. The SMILES string of the molecule is CC(C)c1nc2c(c(=O)[nH]1)CCN(Cc1cc(O)cc(O)c1)C2. The van der Waals surface area contributed by atoms with Gasteiger partial charge in [-0.05, 0) is 24.1 Å². The van der Waals surface area contributed by atoms with Gasteiger partial charge in [0.2, 0.25) is 0 Å². The normalized spacial score (nSPS) is 14.9. The molecule has 1 aromatic carbocycles. The Morgan fingerprint density at radius 3 is 2.61 bits per heavy atom. The van der Waals surface area contributed by atoms with Crippen molar-refractivity contribution in [1.82, 2.24) is 14.9 Å². The lowest BCUT2D eigenvalue weighted by Crippen LogP contribution is -2.35. The summed E-state index contributed by atoms with van der Waals surface area (Å²) in [4.78, 5) is 21.8. The molecule has 0 bridgehead atoms. The lowest BCUT2D eigenvalue weighted by Gasteiger charge is -2.28. The third kappa shape index (κ3) is 3.37. The van der Waals surface area contributed by atoms with Crippen molar-refractivity contribution in [2.75, 3.05) is 6.54 Å². The molecule has 6 heteroatoms. The fourth-order valence-electron chi connectivity index (χ4n) is 2.93. The Balaban J connectivity index is 1.83. The monoisotopic (exact) mass is 315 g/mol. The Morgan fingerprint density at radius 2 is 1.96 bits per heavy atom. The maximum atomic E-state index is 12.2. The summed E-state index contributed by atoms with van der Waals surface area (Å²) in [6.07, 6.45) is 0.654. The summed E-state index contributed by atoms with van der Waals surface area (Å²) in [6, 6.07) is 4.59. The molecule has 0 aliphatic carbocycles. The number of hydrogen-bond donors (Lipinski definition) is 3. The van der Waals surface area contributed by atoms with E-state index in [1.54, 1.807) is 12.1 Å². The second-order valence-corrected chi connectivity index (χ2v) is 6.35. The maximum absolute atomic E-state index is 12.2. The number of aromatic nitrogens is 2. The van der Waals surface area contributed by atoms with Gasteiger partial charge >= 0.3 is 0 Å².